The summed E-state index contributed by atoms with van der Waals surface area (Å²) in [5.41, 5.74) is 7.73. The third-order valence-corrected chi connectivity index (χ3v) is 2.61. The standard InChI is InChI=1S/C14H24N2O/c1-4-17-12-8-11-14(2,3)16-15-13-9-6-5-7-10-13/h5-7,9-10,15-16H,4,8,11-12H2,1-3H3. The fourth-order valence-corrected chi connectivity index (χ4v) is 1.59. The molecular formula is C14H24N2O. The molecule has 0 aromatic heterocycles. The van der Waals surface area contributed by atoms with Gasteiger partial charge in [0.05, 0.1) is 0 Å². The van der Waals surface area contributed by atoms with Crippen LogP contribution in [-0.4, -0.2) is 18.8 Å². The smallest absolute Gasteiger partial charge is 0.0487 e. The molecule has 0 atom stereocenters. The van der Waals surface area contributed by atoms with Crippen LogP contribution in [0.4, 0.5) is 5.69 Å². The first-order valence-electron chi connectivity index (χ1n) is 6.30. The monoisotopic (exact) mass is 236 g/mol. The second-order valence-corrected chi connectivity index (χ2v) is 4.80. The van der Waals surface area contributed by atoms with Gasteiger partial charge in [-0.2, -0.15) is 0 Å². The highest BCUT2D eigenvalue weighted by molar-refractivity contribution is 5.41. The number of rotatable bonds is 8. The van der Waals surface area contributed by atoms with Crippen molar-refractivity contribution in [1.82, 2.24) is 5.43 Å². The highest BCUT2D eigenvalue weighted by atomic mass is 16.5. The van der Waals surface area contributed by atoms with Crippen LogP contribution in [0.3, 0.4) is 0 Å². The molecule has 1 aromatic carbocycles. The lowest BCUT2D eigenvalue weighted by Gasteiger charge is -2.27. The highest BCUT2D eigenvalue weighted by Crippen LogP contribution is 2.12. The van der Waals surface area contributed by atoms with E-state index in [0.717, 1.165) is 31.7 Å². The van der Waals surface area contributed by atoms with Gasteiger partial charge in [-0.1, -0.05) is 18.2 Å². The molecule has 17 heavy (non-hydrogen) atoms. The summed E-state index contributed by atoms with van der Waals surface area (Å²) < 4.78 is 5.34. The second kappa shape index (κ2) is 7.30. The molecule has 0 aliphatic heterocycles. The van der Waals surface area contributed by atoms with Gasteiger partial charge < -0.3 is 10.2 Å². The van der Waals surface area contributed by atoms with Crippen LogP contribution in [0.25, 0.3) is 0 Å². The largest absolute Gasteiger partial charge is 0.382 e. The lowest BCUT2D eigenvalue weighted by molar-refractivity contribution is 0.137. The van der Waals surface area contributed by atoms with Crippen molar-refractivity contribution in [1.29, 1.82) is 0 Å². The summed E-state index contributed by atoms with van der Waals surface area (Å²) in [6.07, 6.45) is 2.15. The Balaban J connectivity index is 2.24. The van der Waals surface area contributed by atoms with Gasteiger partial charge in [0.2, 0.25) is 0 Å². The predicted molar refractivity (Wildman–Crippen MR) is 73.0 cm³/mol. The average molecular weight is 236 g/mol. The molecule has 3 heteroatoms. The first-order valence-corrected chi connectivity index (χ1v) is 6.30. The van der Waals surface area contributed by atoms with Crippen molar-refractivity contribution in [3.63, 3.8) is 0 Å². The fourth-order valence-electron chi connectivity index (χ4n) is 1.59. The number of ether oxygens (including phenoxy) is 1. The van der Waals surface area contributed by atoms with Crippen LogP contribution in [0, 0.1) is 0 Å². The Morgan fingerprint density at radius 1 is 1.18 bits per heavy atom. The van der Waals surface area contributed by atoms with Gasteiger partial charge in [-0.15, -0.1) is 0 Å². The molecule has 0 aliphatic carbocycles. The minimum Gasteiger partial charge on any atom is -0.382 e. The van der Waals surface area contributed by atoms with Gasteiger partial charge in [0.25, 0.3) is 0 Å². The zero-order valence-corrected chi connectivity index (χ0v) is 11.1. The van der Waals surface area contributed by atoms with E-state index in [0.29, 0.717) is 0 Å². The molecule has 2 N–H and O–H groups in total. The van der Waals surface area contributed by atoms with Crippen molar-refractivity contribution in [2.75, 3.05) is 18.6 Å². The van der Waals surface area contributed by atoms with Crippen LogP contribution >= 0.6 is 0 Å². The van der Waals surface area contributed by atoms with E-state index in [4.69, 9.17) is 4.74 Å². The summed E-state index contributed by atoms with van der Waals surface area (Å²) in [6, 6.07) is 10.1. The average Bonchev–Trinajstić information content (AvgIpc) is 2.34. The summed E-state index contributed by atoms with van der Waals surface area (Å²) in [7, 11) is 0. The Morgan fingerprint density at radius 3 is 2.53 bits per heavy atom. The van der Waals surface area contributed by atoms with E-state index in [-0.39, 0.29) is 5.54 Å². The maximum absolute atomic E-state index is 5.34. The number of hydrazine groups is 1. The topological polar surface area (TPSA) is 33.3 Å². The SMILES string of the molecule is CCOCCCC(C)(C)NNc1ccccc1. The van der Waals surface area contributed by atoms with Crippen LogP contribution in [-0.2, 0) is 4.74 Å². The zero-order valence-electron chi connectivity index (χ0n) is 11.1. The molecule has 0 fully saturated rings. The van der Waals surface area contributed by atoms with Gasteiger partial charge in [0.1, 0.15) is 0 Å². The van der Waals surface area contributed by atoms with E-state index in [1.54, 1.807) is 0 Å². The molecule has 1 aromatic rings. The minimum absolute atomic E-state index is 0.0624. The van der Waals surface area contributed by atoms with Gasteiger partial charge in [-0.25, -0.2) is 5.43 Å². The zero-order chi connectivity index (χ0) is 12.6. The molecular weight excluding hydrogens is 212 g/mol. The number of hydrogen-bond acceptors (Lipinski definition) is 3. The van der Waals surface area contributed by atoms with Crippen molar-refractivity contribution in [3.05, 3.63) is 30.3 Å². The molecule has 0 spiro atoms. The molecule has 1 rings (SSSR count). The van der Waals surface area contributed by atoms with Crippen LogP contribution in [0.2, 0.25) is 0 Å². The molecule has 3 nitrogen and oxygen atoms in total. The molecule has 96 valence electrons. The number of nitrogens with one attached hydrogen (secondary N) is 2. The van der Waals surface area contributed by atoms with Crippen LogP contribution in [0.5, 0.6) is 0 Å². The third kappa shape index (κ3) is 6.29. The van der Waals surface area contributed by atoms with E-state index in [2.05, 4.69) is 24.7 Å². The maximum Gasteiger partial charge on any atom is 0.0487 e. The molecule has 0 heterocycles. The van der Waals surface area contributed by atoms with Crippen LogP contribution < -0.4 is 10.9 Å². The molecule has 0 aliphatic rings. The van der Waals surface area contributed by atoms with E-state index in [1.165, 1.54) is 0 Å². The summed E-state index contributed by atoms with van der Waals surface area (Å²) in [6.45, 7) is 8.05. The highest BCUT2D eigenvalue weighted by Gasteiger charge is 2.16. The molecule has 0 unspecified atom stereocenters. The van der Waals surface area contributed by atoms with Gasteiger partial charge in [-0.3, -0.25) is 0 Å². The predicted octanol–water partition coefficient (Wildman–Crippen LogP) is 3.20. The minimum atomic E-state index is 0.0624. The summed E-state index contributed by atoms with van der Waals surface area (Å²) >= 11 is 0. The Bertz CT molecular complexity index is 298. The quantitative estimate of drug-likeness (QED) is 0.537. The number of anilines is 1. The van der Waals surface area contributed by atoms with E-state index < -0.39 is 0 Å². The van der Waals surface area contributed by atoms with Crippen LogP contribution in [0.15, 0.2) is 30.3 Å². The van der Waals surface area contributed by atoms with Crippen molar-refractivity contribution in [3.8, 4) is 0 Å². The summed E-state index contributed by atoms with van der Waals surface area (Å²) in [5.74, 6) is 0. The van der Waals surface area contributed by atoms with Crippen molar-refractivity contribution < 1.29 is 4.74 Å². The Kier molecular flexibility index (Phi) is 6.01. The lowest BCUT2D eigenvalue weighted by Crippen LogP contribution is -2.43. The Morgan fingerprint density at radius 2 is 1.88 bits per heavy atom. The Labute approximate surface area is 105 Å². The molecule has 0 saturated heterocycles. The van der Waals surface area contributed by atoms with Gasteiger partial charge in [-0.05, 0) is 45.7 Å². The maximum atomic E-state index is 5.34. The second-order valence-electron chi connectivity index (χ2n) is 4.80. The molecule has 0 amide bonds. The van der Waals surface area contributed by atoms with Crippen molar-refractivity contribution in [2.24, 2.45) is 0 Å². The number of para-hydroxylation sites is 1. The van der Waals surface area contributed by atoms with Gasteiger partial charge >= 0.3 is 0 Å². The third-order valence-electron chi connectivity index (χ3n) is 2.61. The summed E-state index contributed by atoms with van der Waals surface area (Å²) in [5, 5.41) is 0. The summed E-state index contributed by atoms with van der Waals surface area (Å²) in [4.78, 5) is 0. The van der Waals surface area contributed by atoms with E-state index in [9.17, 15) is 0 Å². The van der Waals surface area contributed by atoms with Crippen molar-refractivity contribution >= 4 is 5.69 Å². The first kappa shape index (κ1) is 14.0. The first-order chi connectivity index (χ1) is 8.14. The molecule has 0 saturated carbocycles. The van der Waals surface area contributed by atoms with Gasteiger partial charge in [0, 0.05) is 24.4 Å². The Hall–Kier alpha value is -1.06. The normalized spacial score (nSPS) is 11.5. The number of benzene rings is 1. The molecule has 0 radical (unpaired) electrons. The van der Waals surface area contributed by atoms with Crippen LogP contribution in [0.1, 0.15) is 33.6 Å². The van der Waals surface area contributed by atoms with Crippen molar-refractivity contribution in [2.45, 2.75) is 39.2 Å². The molecule has 0 bridgehead atoms. The lowest BCUT2D eigenvalue weighted by atomic mass is 10.00. The fraction of sp³-hybridized carbons (Fsp3) is 0.571. The van der Waals surface area contributed by atoms with E-state index in [1.807, 2.05) is 37.3 Å². The number of hydrogen-bond donors (Lipinski definition) is 2. The van der Waals surface area contributed by atoms with Gasteiger partial charge in [0.15, 0.2) is 0 Å². The van der Waals surface area contributed by atoms with E-state index >= 15 is 0 Å².